The van der Waals surface area contributed by atoms with Crippen molar-refractivity contribution in [3.63, 3.8) is 0 Å². The quantitative estimate of drug-likeness (QED) is 0.554. The molecule has 19 heavy (non-hydrogen) atoms. The number of hydrogen-bond acceptors (Lipinski definition) is 5. The molecule has 0 saturated heterocycles. The predicted octanol–water partition coefficient (Wildman–Crippen LogP) is 1.41. The van der Waals surface area contributed by atoms with Gasteiger partial charge in [-0.3, -0.25) is 9.59 Å². The van der Waals surface area contributed by atoms with Crippen LogP contribution in [0.1, 0.15) is 17.3 Å². The number of carbonyl (C=O) groups excluding carboxylic acids is 1. The topological polar surface area (TPSA) is 89.6 Å². The lowest BCUT2D eigenvalue weighted by Crippen LogP contribution is -2.32. The number of thioether (sulfide) groups is 1. The third-order valence-corrected chi connectivity index (χ3v) is 3.42. The van der Waals surface area contributed by atoms with Crippen molar-refractivity contribution in [2.24, 2.45) is 5.73 Å². The van der Waals surface area contributed by atoms with Gasteiger partial charge in [-0.15, -0.1) is 0 Å². The first-order chi connectivity index (χ1) is 9.02. The van der Waals surface area contributed by atoms with Gasteiger partial charge in [0, 0.05) is 11.5 Å². The van der Waals surface area contributed by atoms with E-state index in [4.69, 9.17) is 15.6 Å². The summed E-state index contributed by atoms with van der Waals surface area (Å²) in [6.45, 7) is 1.89. The number of nitrogens with two attached hydrogens (primary N) is 1. The summed E-state index contributed by atoms with van der Waals surface area (Å²) in [6.07, 6.45) is 0. The summed E-state index contributed by atoms with van der Waals surface area (Å²) in [6, 6.07) is 6.18. The molecule has 1 aromatic rings. The largest absolute Gasteiger partial charge is 0.492 e. The molecule has 0 aliphatic heterocycles. The van der Waals surface area contributed by atoms with E-state index in [9.17, 15) is 9.59 Å². The Labute approximate surface area is 116 Å². The van der Waals surface area contributed by atoms with Crippen LogP contribution in [0.5, 0.6) is 5.75 Å². The van der Waals surface area contributed by atoms with Gasteiger partial charge < -0.3 is 15.6 Å². The number of carboxylic acid groups (broad SMARTS) is 1. The zero-order valence-corrected chi connectivity index (χ0v) is 11.5. The monoisotopic (exact) mass is 283 g/mol. The van der Waals surface area contributed by atoms with Gasteiger partial charge in [-0.1, -0.05) is 12.1 Å². The number of Topliss-reactive ketones (excluding diaryl/α,β-unsaturated/α-hetero) is 1. The molecule has 5 nitrogen and oxygen atoms in total. The van der Waals surface area contributed by atoms with Crippen LogP contribution in [0.3, 0.4) is 0 Å². The molecule has 104 valence electrons. The highest BCUT2D eigenvalue weighted by molar-refractivity contribution is 7.99. The van der Waals surface area contributed by atoms with E-state index in [1.165, 1.54) is 18.7 Å². The third-order valence-electron chi connectivity index (χ3n) is 2.37. The summed E-state index contributed by atoms with van der Waals surface area (Å²) in [7, 11) is 0. The maximum atomic E-state index is 11.4. The Morgan fingerprint density at radius 2 is 2.11 bits per heavy atom. The predicted molar refractivity (Wildman–Crippen MR) is 74.9 cm³/mol. The van der Waals surface area contributed by atoms with Crippen LogP contribution in [-0.4, -0.2) is 41.0 Å². The van der Waals surface area contributed by atoms with E-state index in [0.717, 1.165) is 0 Å². The Kier molecular flexibility index (Phi) is 6.38. The van der Waals surface area contributed by atoms with E-state index >= 15 is 0 Å². The summed E-state index contributed by atoms with van der Waals surface area (Å²) in [4.78, 5) is 21.8. The normalized spacial score (nSPS) is 11.9. The second-order valence-corrected chi connectivity index (χ2v) is 5.07. The van der Waals surface area contributed by atoms with Crippen LogP contribution in [-0.2, 0) is 4.79 Å². The minimum absolute atomic E-state index is 0.0452. The van der Waals surface area contributed by atoms with Crippen LogP contribution in [0.2, 0.25) is 0 Å². The highest BCUT2D eigenvalue weighted by Gasteiger charge is 2.11. The maximum Gasteiger partial charge on any atom is 0.321 e. The average molecular weight is 283 g/mol. The van der Waals surface area contributed by atoms with Crippen molar-refractivity contribution in [1.29, 1.82) is 0 Å². The minimum Gasteiger partial charge on any atom is -0.492 e. The van der Waals surface area contributed by atoms with Gasteiger partial charge in [-0.05, 0) is 19.1 Å². The Hall–Kier alpha value is -1.53. The van der Waals surface area contributed by atoms with Crippen LogP contribution in [0.25, 0.3) is 0 Å². The average Bonchev–Trinajstić information content (AvgIpc) is 2.38. The minimum atomic E-state index is -1.00. The van der Waals surface area contributed by atoms with Crippen LogP contribution < -0.4 is 10.5 Å². The van der Waals surface area contributed by atoms with Gasteiger partial charge >= 0.3 is 5.97 Å². The second-order valence-electron chi connectivity index (χ2n) is 3.92. The molecule has 0 fully saturated rings. The molecule has 0 bridgehead atoms. The van der Waals surface area contributed by atoms with Crippen molar-refractivity contribution < 1.29 is 19.4 Å². The number of ketones is 1. The first-order valence-electron chi connectivity index (χ1n) is 5.81. The highest BCUT2D eigenvalue weighted by atomic mass is 32.2. The Bertz CT molecular complexity index is 450. The van der Waals surface area contributed by atoms with E-state index in [0.29, 0.717) is 29.4 Å². The second kappa shape index (κ2) is 7.81. The molecule has 0 aliphatic rings. The molecule has 3 N–H and O–H groups in total. The number of carboxylic acids is 1. The van der Waals surface area contributed by atoms with Crippen LogP contribution in [0, 0.1) is 0 Å². The van der Waals surface area contributed by atoms with E-state index in [1.54, 1.807) is 24.3 Å². The molecule has 1 aromatic carbocycles. The lowest BCUT2D eigenvalue weighted by atomic mass is 10.1. The van der Waals surface area contributed by atoms with Crippen molar-refractivity contribution in [2.75, 3.05) is 18.1 Å². The van der Waals surface area contributed by atoms with Gasteiger partial charge in [0.05, 0.1) is 12.2 Å². The van der Waals surface area contributed by atoms with Gasteiger partial charge in [0.25, 0.3) is 0 Å². The van der Waals surface area contributed by atoms with Gasteiger partial charge in [-0.2, -0.15) is 11.8 Å². The maximum absolute atomic E-state index is 11.4. The van der Waals surface area contributed by atoms with Gasteiger partial charge in [0.15, 0.2) is 5.78 Å². The summed E-state index contributed by atoms with van der Waals surface area (Å²) in [5, 5.41) is 8.61. The molecule has 0 spiro atoms. The van der Waals surface area contributed by atoms with Crippen molar-refractivity contribution in [2.45, 2.75) is 13.0 Å². The first kappa shape index (κ1) is 15.5. The zero-order valence-electron chi connectivity index (χ0n) is 10.7. The van der Waals surface area contributed by atoms with Crippen molar-refractivity contribution >= 4 is 23.5 Å². The molecule has 6 heteroatoms. The van der Waals surface area contributed by atoms with E-state index in [2.05, 4.69) is 0 Å². The van der Waals surface area contributed by atoms with Crippen LogP contribution in [0.15, 0.2) is 24.3 Å². The summed E-state index contributed by atoms with van der Waals surface area (Å²) < 4.78 is 5.51. The molecule has 1 rings (SSSR count). The zero-order chi connectivity index (χ0) is 14.3. The lowest BCUT2D eigenvalue weighted by molar-refractivity contribution is -0.137. The number of benzene rings is 1. The molecular weight excluding hydrogens is 266 g/mol. The number of hydrogen-bond donors (Lipinski definition) is 2. The number of rotatable bonds is 8. The highest BCUT2D eigenvalue weighted by Crippen LogP contribution is 2.18. The fourth-order valence-corrected chi connectivity index (χ4v) is 2.14. The fourth-order valence-electron chi connectivity index (χ4n) is 1.38. The molecule has 0 radical (unpaired) electrons. The molecule has 0 aromatic heterocycles. The number of ether oxygens (including phenoxy) is 1. The van der Waals surface area contributed by atoms with Gasteiger partial charge in [0.1, 0.15) is 11.8 Å². The number of carbonyl (C=O) groups is 2. The van der Waals surface area contributed by atoms with Crippen molar-refractivity contribution in [3.05, 3.63) is 29.8 Å². The molecule has 0 heterocycles. The van der Waals surface area contributed by atoms with Gasteiger partial charge in [-0.25, -0.2) is 0 Å². The number of aliphatic carboxylic acids is 1. The SMILES string of the molecule is CC(=O)c1ccccc1OCCSC[C@H](N)C(=O)O. The van der Waals surface area contributed by atoms with Crippen molar-refractivity contribution in [1.82, 2.24) is 0 Å². The Morgan fingerprint density at radius 1 is 1.42 bits per heavy atom. The molecule has 0 amide bonds. The summed E-state index contributed by atoms with van der Waals surface area (Å²) in [5.74, 6) is 0.463. The van der Waals surface area contributed by atoms with E-state index in [1.807, 2.05) is 0 Å². The molecular formula is C13H17NO4S. The third kappa shape index (κ3) is 5.32. The molecule has 0 saturated carbocycles. The summed E-state index contributed by atoms with van der Waals surface area (Å²) in [5.41, 5.74) is 5.92. The Balaban J connectivity index is 2.34. The van der Waals surface area contributed by atoms with Crippen LogP contribution in [0.4, 0.5) is 0 Å². The lowest BCUT2D eigenvalue weighted by Gasteiger charge is -2.10. The van der Waals surface area contributed by atoms with Crippen LogP contribution >= 0.6 is 11.8 Å². The molecule has 0 aliphatic carbocycles. The molecule has 1 atom stereocenters. The van der Waals surface area contributed by atoms with Gasteiger partial charge in [0.2, 0.25) is 0 Å². The fraction of sp³-hybridized carbons (Fsp3) is 0.385. The Morgan fingerprint density at radius 3 is 2.74 bits per heavy atom. The molecule has 0 unspecified atom stereocenters. The smallest absolute Gasteiger partial charge is 0.321 e. The van der Waals surface area contributed by atoms with E-state index in [-0.39, 0.29) is 5.78 Å². The number of para-hydroxylation sites is 1. The van der Waals surface area contributed by atoms with E-state index < -0.39 is 12.0 Å². The van der Waals surface area contributed by atoms with Crippen molar-refractivity contribution in [3.8, 4) is 5.75 Å². The standard InChI is InChI=1S/C13H17NO4S/c1-9(15)10-4-2-3-5-12(10)18-6-7-19-8-11(14)13(16)17/h2-5,11H,6-8,14H2,1H3,(H,16,17)/t11-/m0/s1. The summed E-state index contributed by atoms with van der Waals surface area (Å²) >= 11 is 1.41. The first-order valence-corrected chi connectivity index (χ1v) is 6.96.